The standard InChI is InChI=1S/C17H14BrN3O4S2/c18-11-1-5-14(6-2-11)27(23,24)20-10-13-4-3-12(25-13)9-15-16(22)21-8-7-19-17(21)26-15/h1-6,9,20H,7-8,10H2/b15-9-. The minimum absolute atomic E-state index is 0.0154. The first-order valence-electron chi connectivity index (χ1n) is 8.02. The molecule has 0 atom stereocenters. The molecule has 0 radical (unpaired) electrons. The lowest BCUT2D eigenvalue weighted by molar-refractivity contribution is 0.491. The van der Waals surface area contributed by atoms with E-state index in [4.69, 9.17) is 4.42 Å². The van der Waals surface area contributed by atoms with Gasteiger partial charge in [0.2, 0.25) is 10.0 Å². The predicted molar refractivity (Wildman–Crippen MR) is 105 cm³/mol. The molecule has 2 aromatic heterocycles. The van der Waals surface area contributed by atoms with Crippen LogP contribution in [-0.2, 0) is 23.1 Å². The first-order chi connectivity index (χ1) is 12.9. The van der Waals surface area contributed by atoms with Crippen molar-refractivity contribution in [3.8, 4) is 0 Å². The van der Waals surface area contributed by atoms with E-state index < -0.39 is 10.0 Å². The zero-order chi connectivity index (χ0) is 19.0. The zero-order valence-corrected chi connectivity index (χ0v) is 17.1. The first kappa shape index (κ1) is 18.4. The summed E-state index contributed by atoms with van der Waals surface area (Å²) in [5.41, 5.74) is -0.0786. The molecule has 3 heterocycles. The highest BCUT2D eigenvalue weighted by molar-refractivity contribution is 9.10. The molecule has 3 aromatic rings. The Morgan fingerprint density at radius 3 is 2.78 bits per heavy atom. The van der Waals surface area contributed by atoms with E-state index in [9.17, 15) is 13.2 Å². The topological polar surface area (TPSA) is 93.7 Å². The Balaban J connectivity index is 1.51. The second kappa shape index (κ2) is 7.19. The molecule has 1 aromatic carbocycles. The lowest BCUT2D eigenvalue weighted by atomic mass is 10.4. The van der Waals surface area contributed by atoms with Gasteiger partial charge in [0.05, 0.1) is 22.5 Å². The van der Waals surface area contributed by atoms with Crippen molar-refractivity contribution < 1.29 is 12.8 Å². The van der Waals surface area contributed by atoms with Gasteiger partial charge in [-0.25, -0.2) is 13.1 Å². The van der Waals surface area contributed by atoms with Gasteiger partial charge in [-0.1, -0.05) is 27.3 Å². The fraction of sp³-hybridized carbons (Fsp3) is 0.176. The number of hydrogen-bond acceptors (Lipinski definition) is 6. The maximum absolute atomic E-state index is 12.3. The quantitative estimate of drug-likeness (QED) is 0.609. The van der Waals surface area contributed by atoms with Crippen molar-refractivity contribution in [2.24, 2.45) is 4.99 Å². The number of nitrogens with zero attached hydrogens (tertiary/aromatic N) is 2. The smallest absolute Gasteiger partial charge is 0.270 e. The number of fused-ring (bicyclic) bond motifs is 1. The SMILES string of the molecule is O=c1/c(=C/c2ccc(CNS(=O)(=O)c3ccc(Br)cc3)o2)sc2n1CCN=2. The minimum Gasteiger partial charge on any atom is -0.460 e. The lowest BCUT2D eigenvalue weighted by Gasteiger charge is -2.05. The van der Waals surface area contributed by atoms with Crippen LogP contribution in [0.2, 0.25) is 0 Å². The fourth-order valence-corrected chi connectivity index (χ4v) is 4.90. The van der Waals surface area contributed by atoms with Gasteiger partial charge in [-0.05, 0) is 36.4 Å². The summed E-state index contributed by atoms with van der Waals surface area (Å²) in [5.74, 6) is 0.946. The normalized spacial score (nSPS) is 14.3. The highest BCUT2D eigenvalue weighted by Gasteiger charge is 2.15. The molecular weight excluding hydrogens is 454 g/mol. The Morgan fingerprint density at radius 1 is 1.26 bits per heavy atom. The summed E-state index contributed by atoms with van der Waals surface area (Å²) in [6, 6.07) is 9.74. The Morgan fingerprint density at radius 2 is 2.04 bits per heavy atom. The van der Waals surface area contributed by atoms with Crippen molar-refractivity contribution in [2.45, 2.75) is 18.0 Å². The molecule has 0 spiro atoms. The highest BCUT2D eigenvalue weighted by Crippen LogP contribution is 2.15. The number of halogens is 1. The number of nitrogens with one attached hydrogen (secondary N) is 1. The van der Waals surface area contributed by atoms with E-state index in [0.717, 1.165) is 9.27 Å². The van der Waals surface area contributed by atoms with E-state index in [1.807, 2.05) is 0 Å². The molecule has 4 rings (SSSR count). The summed E-state index contributed by atoms with van der Waals surface area (Å²) in [6.45, 7) is 1.27. The molecule has 0 saturated heterocycles. The highest BCUT2D eigenvalue weighted by atomic mass is 79.9. The van der Waals surface area contributed by atoms with E-state index in [2.05, 4.69) is 25.6 Å². The van der Waals surface area contributed by atoms with Crippen molar-refractivity contribution in [1.29, 1.82) is 0 Å². The summed E-state index contributed by atoms with van der Waals surface area (Å²) in [7, 11) is -3.63. The van der Waals surface area contributed by atoms with Crippen molar-refractivity contribution >= 4 is 43.4 Å². The maximum atomic E-state index is 12.3. The molecule has 1 N–H and O–H groups in total. The number of sulfonamides is 1. The number of furan rings is 1. The summed E-state index contributed by atoms with van der Waals surface area (Å²) >= 11 is 4.60. The number of benzene rings is 1. The van der Waals surface area contributed by atoms with Gasteiger partial charge >= 0.3 is 0 Å². The van der Waals surface area contributed by atoms with Crippen LogP contribution in [0.25, 0.3) is 6.08 Å². The average molecular weight is 468 g/mol. The molecular formula is C17H14BrN3O4S2. The van der Waals surface area contributed by atoms with Crippen molar-refractivity contribution in [3.63, 3.8) is 0 Å². The van der Waals surface area contributed by atoms with Gasteiger partial charge in [0, 0.05) is 17.1 Å². The van der Waals surface area contributed by atoms with Crippen molar-refractivity contribution in [1.82, 2.24) is 9.29 Å². The Kier molecular flexibility index (Phi) is 4.89. The molecule has 27 heavy (non-hydrogen) atoms. The number of thiazole rings is 1. The summed E-state index contributed by atoms with van der Waals surface area (Å²) in [6.07, 6.45) is 1.65. The Bertz CT molecular complexity index is 1270. The van der Waals surface area contributed by atoms with Crippen LogP contribution in [0.3, 0.4) is 0 Å². The van der Waals surface area contributed by atoms with Crippen molar-refractivity contribution in [3.05, 3.63) is 72.1 Å². The molecule has 0 saturated carbocycles. The third kappa shape index (κ3) is 3.84. The van der Waals surface area contributed by atoms with Gasteiger partial charge in [-0.15, -0.1) is 0 Å². The Hall–Kier alpha value is -2.01. The van der Waals surface area contributed by atoms with E-state index in [-0.39, 0.29) is 17.0 Å². The van der Waals surface area contributed by atoms with Gasteiger partial charge in [0.1, 0.15) is 11.5 Å². The van der Waals surface area contributed by atoms with Gasteiger partial charge in [0.15, 0.2) is 4.80 Å². The molecule has 140 valence electrons. The molecule has 1 aliphatic rings. The predicted octanol–water partition coefficient (Wildman–Crippen LogP) is 1.21. The van der Waals surface area contributed by atoms with Crippen LogP contribution in [0.1, 0.15) is 11.5 Å². The van der Waals surface area contributed by atoms with Crippen LogP contribution in [-0.4, -0.2) is 19.5 Å². The zero-order valence-electron chi connectivity index (χ0n) is 13.9. The summed E-state index contributed by atoms with van der Waals surface area (Å²) in [5, 5.41) is 0. The summed E-state index contributed by atoms with van der Waals surface area (Å²) in [4.78, 5) is 17.4. The van der Waals surface area contributed by atoms with Crippen LogP contribution in [0.15, 0.2) is 60.0 Å². The fourth-order valence-electron chi connectivity index (χ4n) is 2.63. The van der Waals surface area contributed by atoms with E-state index in [1.54, 1.807) is 34.9 Å². The number of rotatable bonds is 5. The second-order valence-electron chi connectivity index (χ2n) is 5.81. The molecule has 7 nitrogen and oxygen atoms in total. The van der Waals surface area contributed by atoms with E-state index >= 15 is 0 Å². The maximum Gasteiger partial charge on any atom is 0.270 e. The van der Waals surface area contributed by atoms with E-state index in [1.165, 1.54) is 23.5 Å². The molecule has 0 fully saturated rings. The largest absolute Gasteiger partial charge is 0.460 e. The lowest BCUT2D eigenvalue weighted by Crippen LogP contribution is -2.29. The molecule has 0 bridgehead atoms. The summed E-state index contributed by atoms with van der Waals surface area (Å²) < 4.78 is 35.7. The molecule has 0 unspecified atom stereocenters. The van der Waals surface area contributed by atoms with Crippen LogP contribution < -0.4 is 19.6 Å². The number of hydrogen-bond donors (Lipinski definition) is 1. The molecule has 10 heteroatoms. The van der Waals surface area contributed by atoms with E-state index in [0.29, 0.717) is 29.1 Å². The van der Waals surface area contributed by atoms with Gasteiger partial charge < -0.3 is 4.42 Å². The number of aromatic nitrogens is 1. The second-order valence-corrected chi connectivity index (χ2v) is 9.51. The monoisotopic (exact) mass is 467 g/mol. The molecule has 1 aliphatic heterocycles. The van der Waals surface area contributed by atoms with Crippen LogP contribution in [0, 0.1) is 0 Å². The van der Waals surface area contributed by atoms with Gasteiger partial charge in [0.25, 0.3) is 5.56 Å². The van der Waals surface area contributed by atoms with Crippen molar-refractivity contribution in [2.75, 3.05) is 6.54 Å². The first-order valence-corrected chi connectivity index (χ1v) is 11.1. The molecule has 0 aliphatic carbocycles. The third-order valence-corrected chi connectivity index (χ3v) is 6.97. The van der Waals surface area contributed by atoms with Gasteiger partial charge in [-0.2, -0.15) is 0 Å². The van der Waals surface area contributed by atoms with Crippen LogP contribution >= 0.6 is 27.3 Å². The van der Waals surface area contributed by atoms with Crippen LogP contribution in [0.4, 0.5) is 0 Å². The Labute approximate surface area is 166 Å². The average Bonchev–Trinajstić information content (AvgIpc) is 3.34. The third-order valence-electron chi connectivity index (χ3n) is 3.97. The minimum atomic E-state index is -3.63. The van der Waals surface area contributed by atoms with Crippen LogP contribution in [0.5, 0.6) is 0 Å². The molecule has 0 amide bonds. The van der Waals surface area contributed by atoms with Gasteiger partial charge in [-0.3, -0.25) is 14.4 Å².